The summed E-state index contributed by atoms with van der Waals surface area (Å²) in [6, 6.07) is 1.57. The molecule has 0 aromatic carbocycles. The Morgan fingerprint density at radius 2 is 1.38 bits per heavy atom. The van der Waals surface area contributed by atoms with Crippen molar-refractivity contribution in [1.82, 2.24) is 19.6 Å². The molecule has 0 aliphatic carbocycles. The number of nitrogens with zero attached hydrogens (tertiary/aromatic N) is 4. The molecule has 4 heteroatoms. The van der Waals surface area contributed by atoms with E-state index < -0.39 is 0 Å². The topological polar surface area (TPSA) is 13.0 Å². The largest absolute Gasteiger partial charge is 0.302 e. The van der Waals surface area contributed by atoms with E-state index in [2.05, 4.69) is 33.4 Å². The molecule has 0 N–H and O–H groups in total. The molecule has 3 saturated heterocycles. The Morgan fingerprint density at radius 1 is 0.762 bits per heavy atom. The van der Waals surface area contributed by atoms with Crippen LogP contribution in [0.1, 0.15) is 33.1 Å². The average molecular weight is 294 g/mol. The second kappa shape index (κ2) is 7.40. The zero-order valence-corrected chi connectivity index (χ0v) is 14.1. The lowest BCUT2D eigenvalue weighted by molar-refractivity contribution is -0.00438. The minimum atomic E-state index is 0.717. The van der Waals surface area contributed by atoms with E-state index in [0.717, 1.165) is 12.1 Å². The summed E-state index contributed by atoms with van der Waals surface area (Å²) in [5, 5.41) is 0. The summed E-state index contributed by atoms with van der Waals surface area (Å²) in [6.07, 6.45) is 4.29. The van der Waals surface area contributed by atoms with Gasteiger partial charge in [-0.3, -0.25) is 14.7 Å². The molecule has 0 aromatic rings. The van der Waals surface area contributed by atoms with Gasteiger partial charge in [0, 0.05) is 64.4 Å². The molecule has 122 valence electrons. The highest BCUT2D eigenvalue weighted by atomic mass is 15.4. The zero-order valence-electron chi connectivity index (χ0n) is 14.1. The van der Waals surface area contributed by atoms with Crippen molar-refractivity contribution in [2.75, 3.05) is 65.4 Å². The third-order valence-electron chi connectivity index (χ3n) is 5.71. The molecule has 3 heterocycles. The van der Waals surface area contributed by atoms with Crippen LogP contribution in [0.5, 0.6) is 0 Å². The molecule has 0 saturated carbocycles. The van der Waals surface area contributed by atoms with Crippen LogP contribution >= 0.6 is 0 Å². The molecule has 3 rings (SSSR count). The molecule has 4 nitrogen and oxygen atoms in total. The van der Waals surface area contributed by atoms with Gasteiger partial charge in [0.15, 0.2) is 0 Å². The van der Waals surface area contributed by atoms with Gasteiger partial charge in [-0.1, -0.05) is 6.42 Å². The minimum Gasteiger partial charge on any atom is -0.302 e. The first-order valence-electron chi connectivity index (χ1n) is 9.15. The van der Waals surface area contributed by atoms with Crippen molar-refractivity contribution in [2.24, 2.45) is 0 Å². The van der Waals surface area contributed by atoms with Crippen LogP contribution in [0.15, 0.2) is 0 Å². The highest BCUT2D eigenvalue weighted by Crippen LogP contribution is 2.18. The predicted molar refractivity (Wildman–Crippen MR) is 88.8 cm³/mol. The Kier molecular flexibility index (Phi) is 5.54. The van der Waals surface area contributed by atoms with Crippen LogP contribution in [0.3, 0.4) is 0 Å². The lowest BCUT2D eigenvalue weighted by Crippen LogP contribution is -2.64. The van der Waals surface area contributed by atoms with Gasteiger partial charge in [0.25, 0.3) is 0 Å². The SMILES string of the molecule is CC(C)N1CCN(C2CN(CCN3CCCCC3)C2)CC1. The maximum atomic E-state index is 2.73. The Balaban J connectivity index is 1.29. The fourth-order valence-corrected chi connectivity index (χ4v) is 4.04. The first-order valence-corrected chi connectivity index (χ1v) is 9.15. The average Bonchev–Trinajstić information content (AvgIpc) is 2.47. The lowest BCUT2D eigenvalue weighted by Gasteiger charge is -2.49. The second-order valence-corrected chi connectivity index (χ2v) is 7.48. The molecular formula is C17H34N4. The fourth-order valence-electron chi connectivity index (χ4n) is 4.04. The molecule has 3 aliphatic heterocycles. The summed E-state index contributed by atoms with van der Waals surface area (Å²) in [6.45, 7) is 17.6. The molecule has 0 spiro atoms. The quantitative estimate of drug-likeness (QED) is 0.755. The third-order valence-corrected chi connectivity index (χ3v) is 5.71. The summed E-state index contributed by atoms with van der Waals surface area (Å²) in [4.78, 5) is 10.7. The van der Waals surface area contributed by atoms with Crippen LogP contribution in [0, 0.1) is 0 Å². The van der Waals surface area contributed by atoms with E-state index in [1.54, 1.807) is 0 Å². The van der Waals surface area contributed by atoms with E-state index >= 15 is 0 Å². The molecule has 3 aliphatic rings. The van der Waals surface area contributed by atoms with Gasteiger partial charge in [-0.2, -0.15) is 0 Å². The minimum absolute atomic E-state index is 0.717. The van der Waals surface area contributed by atoms with Gasteiger partial charge in [0.1, 0.15) is 0 Å². The van der Waals surface area contributed by atoms with E-state index in [1.165, 1.54) is 84.7 Å². The Labute approximate surface area is 131 Å². The lowest BCUT2D eigenvalue weighted by atomic mass is 10.1. The van der Waals surface area contributed by atoms with Crippen LogP contribution in [-0.4, -0.2) is 97.1 Å². The van der Waals surface area contributed by atoms with Crippen molar-refractivity contribution < 1.29 is 0 Å². The van der Waals surface area contributed by atoms with E-state index in [9.17, 15) is 0 Å². The van der Waals surface area contributed by atoms with Crippen molar-refractivity contribution in [2.45, 2.75) is 45.2 Å². The summed E-state index contributed by atoms with van der Waals surface area (Å²) in [7, 11) is 0. The van der Waals surface area contributed by atoms with Gasteiger partial charge in [-0.25, -0.2) is 0 Å². The van der Waals surface area contributed by atoms with E-state index in [-0.39, 0.29) is 0 Å². The monoisotopic (exact) mass is 294 g/mol. The number of hydrogen-bond acceptors (Lipinski definition) is 4. The highest BCUT2D eigenvalue weighted by Gasteiger charge is 2.33. The van der Waals surface area contributed by atoms with Crippen molar-refractivity contribution in [1.29, 1.82) is 0 Å². The summed E-state index contributed by atoms with van der Waals surface area (Å²) in [5.74, 6) is 0. The Bertz CT molecular complexity index is 300. The van der Waals surface area contributed by atoms with Crippen LogP contribution in [0.4, 0.5) is 0 Å². The van der Waals surface area contributed by atoms with E-state index in [4.69, 9.17) is 0 Å². The number of piperazine rings is 1. The van der Waals surface area contributed by atoms with Gasteiger partial charge in [0.2, 0.25) is 0 Å². The van der Waals surface area contributed by atoms with Crippen LogP contribution in [-0.2, 0) is 0 Å². The zero-order chi connectivity index (χ0) is 14.7. The Hall–Kier alpha value is -0.160. The van der Waals surface area contributed by atoms with Gasteiger partial charge < -0.3 is 4.90 Å². The molecule has 0 amide bonds. The third kappa shape index (κ3) is 4.19. The first-order chi connectivity index (χ1) is 10.2. The van der Waals surface area contributed by atoms with Gasteiger partial charge in [0.05, 0.1) is 0 Å². The van der Waals surface area contributed by atoms with Gasteiger partial charge in [-0.15, -0.1) is 0 Å². The number of likely N-dealkylation sites (tertiary alicyclic amines) is 2. The van der Waals surface area contributed by atoms with Crippen molar-refractivity contribution in [3.8, 4) is 0 Å². The van der Waals surface area contributed by atoms with Crippen LogP contribution in [0.25, 0.3) is 0 Å². The van der Waals surface area contributed by atoms with Crippen molar-refractivity contribution in [3.63, 3.8) is 0 Å². The molecule has 0 aromatic heterocycles. The molecule has 0 atom stereocenters. The highest BCUT2D eigenvalue weighted by molar-refractivity contribution is 4.91. The first kappa shape index (κ1) is 15.7. The molecular weight excluding hydrogens is 260 g/mol. The maximum absolute atomic E-state index is 2.73. The Morgan fingerprint density at radius 3 is 2.00 bits per heavy atom. The normalized spacial score (nSPS) is 28.1. The van der Waals surface area contributed by atoms with Crippen molar-refractivity contribution in [3.05, 3.63) is 0 Å². The summed E-state index contributed by atoms with van der Waals surface area (Å²) >= 11 is 0. The fraction of sp³-hybridized carbons (Fsp3) is 1.00. The summed E-state index contributed by atoms with van der Waals surface area (Å²) in [5.41, 5.74) is 0. The number of hydrogen-bond donors (Lipinski definition) is 0. The summed E-state index contributed by atoms with van der Waals surface area (Å²) < 4.78 is 0. The van der Waals surface area contributed by atoms with E-state index in [1.807, 2.05) is 0 Å². The van der Waals surface area contributed by atoms with Crippen molar-refractivity contribution >= 4 is 0 Å². The molecule has 0 radical (unpaired) electrons. The van der Waals surface area contributed by atoms with Crippen LogP contribution < -0.4 is 0 Å². The van der Waals surface area contributed by atoms with Gasteiger partial charge >= 0.3 is 0 Å². The molecule has 21 heavy (non-hydrogen) atoms. The second-order valence-electron chi connectivity index (χ2n) is 7.48. The number of rotatable bonds is 5. The molecule has 3 fully saturated rings. The standard InChI is InChI=1S/C17H34N4/c1-16(2)20-10-12-21(13-11-20)17-14-19(15-17)9-8-18-6-4-3-5-7-18/h16-17H,3-15H2,1-2H3. The van der Waals surface area contributed by atoms with E-state index in [0.29, 0.717) is 0 Å². The smallest absolute Gasteiger partial charge is 0.0351 e. The van der Waals surface area contributed by atoms with Crippen LogP contribution in [0.2, 0.25) is 0 Å². The number of piperidine rings is 1. The predicted octanol–water partition coefficient (Wildman–Crippen LogP) is 1.18. The maximum Gasteiger partial charge on any atom is 0.0351 e. The molecule has 0 unspecified atom stereocenters. The van der Waals surface area contributed by atoms with Gasteiger partial charge in [-0.05, 0) is 39.8 Å². The molecule has 0 bridgehead atoms.